The third-order valence-corrected chi connectivity index (χ3v) is 4.25. The van der Waals surface area contributed by atoms with Gasteiger partial charge < -0.3 is 14.8 Å². The number of hydrogen-bond acceptors (Lipinski definition) is 4. The molecule has 116 valence electrons. The molecule has 0 bridgehead atoms. The molecular formula is C16H23ClN2O2. The van der Waals surface area contributed by atoms with Crippen LogP contribution in [0.3, 0.4) is 0 Å². The lowest BCUT2D eigenvalue weighted by atomic mass is 10.00. The van der Waals surface area contributed by atoms with Crippen LogP contribution in [0.1, 0.15) is 18.0 Å². The molecule has 1 atom stereocenters. The van der Waals surface area contributed by atoms with Gasteiger partial charge in [0.25, 0.3) is 0 Å². The van der Waals surface area contributed by atoms with Gasteiger partial charge in [0.05, 0.1) is 19.2 Å². The van der Waals surface area contributed by atoms with E-state index in [4.69, 9.17) is 21.1 Å². The van der Waals surface area contributed by atoms with Crippen molar-refractivity contribution in [3.05, 3.63) is 35.4 Å². The smallest absolute Gasteiger partial charge is 0.179 e. The number of nitrogens with one attached hydrogen (secondary N) is 1. The van der Waals surface area contributed by atoms with E-state index in [0.717, 1.165) is 38.2 Å². The van der Waals surface area contributed by atoms with Gasteiger partial charge >= 0.3 is 0 Å². The SMILES string of the molecule is C=CC[C@H](c1ccc(OC)c(OC)c1Cl)N1CCNCC1. The minimum absolute atomic E-state index is 0.219. The largest absolute Gasteiger partial charge is 0.493 e. The molecule has 0 radical (unpaired) electrons. The summed E-state index contributed by atoms with van der Waals surface area (Å²) in [5, 5.41) is 4.00. The van der Waals surface area contributed by atoms with E-state index in [1.807, 2.05) is 18.2 Å². The number of rotatable bonds is 6. The molecule has 5 heteroatoms. The first-order chi connectivity index (χ1) is 10.2. The van der Waals surface area contributed by atoms with Crippen molar-refractivity contribution >= 4 is 11.6 Å². The summed E-state index contributed by atoms with van der Waals surface area (Å²) in [6.07, 6.45) is 2.80. The van der Waals surface area contributed by atoms with E-state index in [9.17, 15) is 0 Å². The minimum atomic E-state index is 0.219. The van der Waals surface area contributed by atoms with Crippen molar-refractivity contribution in [3.8, 4) is 11.5 Å². The van der Waals surface area contributed by atoms with E-state index >= 15 is 0 Å². The maximum atomic E-state index is 6.56. The Bertz CT molecular complexity index is 487. The third kappa shape index (κ3) is 3.51. The quantitative estimate of drug-likeness (QED) is 0.819. The zero-order valence-electron chi connectivity index (χ0n) is 12.7. The van der Waals surface area contributed by atoms with Crippen LogP contribution in [0.4, 0.5) is 0 Å². The number of hydrogen-bond donors (Lipinski definition) is 1. The molecule has 0 unspecified atom stereocenters. The van der Waals surface area contributed by atoms with Gasteiger partial charge in [-0.25, -0.2) is 0 Å². The molecule has 1 fully saturated rings. The molecule has 1 aliphatic rings. The first-order valence-electron chi connectivity index (χ1n) is 7.19. The molecule has 1 aromatic rings. The fraction of sp³-hybridized carbons (Fsp3) is 0.500. The van der Waals surface area contributed by atoms with Gasteiger partial charge in [0.2, 0.25) is 0 Å². The van der Waals surface area contributed by atoms with Gasteiger partial charge in [0.15, 0.2) is 11.5 Å². The van der Waals surface area contributed by atoms with Gasteiger partial charge in [-0.05, 0) is 18.1 Å². The summed E-state index contributed by atoms with van der Waals surface area (Å²) in [5.41, 5.74) is 1.07. The summed E-state index contributed by atoms with van der Waals surface area (Å²) in [5.74, 6) is 1.25. The number of halogens is 1. The summed E-state index contributed by atoms with van der Waals surface area (Å²) in [6.45, 7) is 7.89. The van der Waals surface area contributed by atoms with Gasteiger partial charge in [-0.2, -0.15) is 0 Å². The van der Waals surface area contributed by atoms with E-state index < -0.39 is 0 Å². The Hall–Kier alpha value is -1.23. The van der Waals surface area contributed by atoms with Gasteiger partial charge in [-0.15, -0.1) is 6.58 Å². The van der Waals surface area contributed by atoms with Gasteiger partial charge in [-0.3, -0.25) is 4.90 Å². The van der Waals surface area contributed by atoms with Crippen molar-refractivity contribution in [1.29, 1.82) is 0 Å². The second-order valence-electron chi connectivity index (χ2n) is 5.03. The first-order valence-corrected chi connectivity index (χ1v) is 7.56. The van der Waals surface area contributed by atoms with Crippen LogP contribution in [0.25, 0.3) is 0 Å². The van der Waals surface area contributed by atoms with Crippen molar-refractivity contribution in [2.24, 2.45) is 0 Å². The zero-order valence-corrected chi connectivity index (χ0v) is 13.4. The van der Waals surface area contributed by atoms with Crippen molar-refractivity contribution in [1.82, 2.24) is 10.2 Å². The molecule has 21 heavy (non-hydrogen) atoms. The predicted octanol–water partition coefficient (Wildman–Crippen LogP) is 2.88. The summed E-state index contributed by atoms with van der Waals surface area (Å²) >= 11 is 6.56. The monoisotopic (exact) mass is 310 g/mol. The average Bonchev–Trinajstić information content (AvgIpc) is 2.53. The van der Waals surface area contributed by atoms with E-state index in [1.165, 1.54) is 0 Å². The van der Waals surface area contributed by atoms with Crippen LogP contribution < -0.4 is 14.8 Å². The number of nitrogens with zero attached hydrogens (tertiary/aromatic N) is 1. The summed E-state index contributed by atoms with van der Waals surface area (Å²) < 4.78 is 10.7. The van der Waals surface area contributed by atoms with E-state index in [1.54, 1.807) is 14.2 Å². The van der Waals surface area contributed by atoms with Crippen molar-refractivity contribution in [3.63, 3.8) is 0 Å². The van der Waals surface area contributed by atoms with Crippen LogP contribution in [0.5, 0.6) is 11.5 Å². The number of ether oxygens (including phenoxy) is 2. The molecule has 1 N–H and O–H groups in total. The molecule has 1 saturated heterocycles. The highest BCUT2D eigenvalue weighted by molar-refractivity contribution is 6.33. The molecule has 1 aliphatic heterocycles. The number of benzene rings is 1. The lowest BCUT2D eigenvalue weighted by Crippen LogP contribution is -2.45. The van der Waals surface area contributed by atoms with Crippen LogP contribution in [-0.2, 0) is 0 Å². The van der Waals surface area contributed by atoms with Crippen LogP contribution in [0.15, 0.2) is 24.8 Å². The molecule has 0 amide bonds. The fourth-order valence-corrected chi connectivity index (χ4v) is 3.15. The van der Waals surface area contributed by atoms with Crippen molar-refractivity contribution < 1.29 is 9.47 Å². The molecule has 1 heterocycles. The Morgan fingerprint density at radius 3 is 2.62 bits per heavy atom. The maximum Gasteiger partial charge on any atom is 0.179 e. The van der Waals surface area contributed by atoms with Gasteiger partial charge in [-0.1, -0.05) is 23.7 Å². The van der Waals surface area contributed by atoms with Gasteiger partial charge in [0.1, 0.15) is 0 Å². The number of piperazine rings is 1. The normalized spacial score (nSPS) is 17.3. The van der Waals surface area contributed by atoms with Gasteiger partial charge in [0, 0.05) is 32.2 Å². The van der Waals surface area contributed by atoms with E-state index in [-0.39, 0.29) is 6.04 Å². The summed E-state index contributed by atoms with van der Waals surface area (Å²) in [7, 11) is 3.23. The van der Waals surface area contributed by atoms with Crippen LogP contribution in [0.2, 0.25) is 5.02 Å². The van der Waals surface area contributed by atoms with Crippen LogP contribution in [-0.4, -0.2) is 45.3 Å². The molecule has 0 saturated carbocycles. The lowest BCUT2D eigenvalue weighted by Gasteiger charge is -2.35. The molecule has 4 nitrogen and oxygen atoms in total. The number of methoxy groups -OCH3 is 2. The Morgan fingerprint density at radius 1 is 1.33 bits per heavy atom. The Labute approximate surface area is 131 Å². The second kappa shape index (κ2) is 7.69. The molecule has 1 aromatic carbocycles. The van der Waals surface area contributed by atoms with E-state index in [2.05, 4.69) is 16.8 Å². The van der Waals surface area contributed by atoms with Crippen LogP contribution in [0, 0.1) is 0 Å². The average molecular weight is 311 g/mol. The molecule has 0 aliphatic carbocycles. The summed E-state index contributed by atoms with van der Waals surface area (Å²) in [4.78, 5) is 2.44. The first kappa shape index (κ1) is 16.1. The van der Waals surface area contributed by atoms with E-state index in [0.29, 0.717) is 16.5 Å². The molecule has 2 rings (SSSR count). The molecular weight excluding hydrogens is 288 g/mol. The standard InChI is InChI=1S/C16H23ClN2O2/c1-4-5-13(19-10-8-18-9-11-19)12-6-7-14(20-2)16(21-3)15(12)17/h4,6-7,13,18H,1,5,8-11H2,2-3H3/t13-/m1/s1. The lowest BCUT2D eigenvalue weighted by molar-refractivity contribution is 0.174. The second-order valence-corrected chi connectivity index (χ2v) is 5.41. The summed E-state index contributed by atoms with van der Waals surface area (Å²) in [6, 6.07) is 4.16. The molecule has 0 aromatic heterocycles. The molecule has 0 spiro atoms. The van der Waals surface area contributed by atoms with Crippen molar-refractivity contribution in [2.75, 3.05) is 40.4 Å². The van der Waals surface area contributed by atoms with Crippen LogP contribution >= 0.6 is 11.6 Å². The highest BCUT2D eigenvalue weighted by Crippen LogP contribution is 2.41. The topological polar surface area (TPSA) is 33.7 Å². The van der Waals surface area contributed by atoms with Crippen molar-refractivity contribution in [2.45, 2.75) is 12.5 Å². The third-order valence-electron chi connectivity index (χ3n) is 3.86. The fourth-order valence-electron chi connectivity index (χ4n) is 2.79. The zero-order chi connectivity index (χ0) is 15.2. The highest BCUT2D eigenvalue weighted by Gasteiger charge is 2.25. The predicted molar refractivity (Wildman–Crippen MR) is 86.6 cm³/mol. The minimum Gasteiger partial charge on any atom is -0.493 e. The Kier molecular flexibility index (Phi) is 5.91. The highest BCUT2D eigenvalue weighted by atomic mass is 35.5. The Balaban J connectivity index is 2.37. The maximum absolute atomic E-state index is 6.56. The Morgan fingerprint density at radius 2 is 2.05 bits per heavy atom.